The van der Waals surface area contributed by atoms with Crippen LogP contribution in [-0.2, 0) is 6.42 Å². The van der Waals surface area contributed by atoms with Crippen LogP contribution >= 0.6 is 11.6 Å². The Bertz CT molecular complexity index is 474. The van der Waals surface area contributed by atoms with Crippen LogP contribution in [0.15, 0.2) is 24.4 Å². The summed E-state index contributed by atoms with van der Waals surface area (Å²) in [6.45, 7) is 3.85. The molecule has 0 spiro atoms. The molecule has 0 aliphatic carbocycles. The summed E-state index contributed by atoms with van der Waals surface area (Å²) >= 11 is 6.01. The number of hydrogen-bond donors (Lipinski definition) is 0. The molecule has 4 heteroatoms. The van der Waals surface area contributed by atoms with Gasteiger partial charge in [0.1, 0.15) is 11.0 Å². The molecule has 0 aliphatic rings. The Hall–Kier alpha value is -1.48. The van der Waals surface area contributed by atoms with Gasteiger partial charge in [-0.2, -0.15) is 0 Å². The lowest BCUT2D eigenvalue weighted by molar-refractivity contribution is 0.905. The Labute approximate surface area is 99.5 Å². The minimum atomic E-state index is 0.526. The van der Waals surface area contributed by atoms with E-state index in [1.807, 2.05) is 32.0 Å². The van der Waals surface area contributed by atoms with Gasteiger partial charge in [-0.25, -0.2) is 9.97 Å². The molecule has 3 nitrogen and oxygen atoms in total. The molecule has 2 rings (SSSR count). The van der Waals surface area contributed by atoms with E-state index in [9.17, 15) is 0 Å². The zero-order valence-electron chi connectivity index (χ0n) is 9.24. The summed E-state index contributed by atoms with van der Waals surface area (Å²) in [4.78, 5) is 12.9. The van der Waals surface area contributed by atoms with Gasteiger partial charge in [0.2, 0.25) is 0 Å². The molecule has 82 valence electrons. The topological polar surface area (TPSA) is 38.7 Å². The highest BCUT2D eigenvalue weighted by Gasteiger charge is 2.06. The predicted molar refractivity (Wildman–Crippen MR) is 63.6 cm³/mol. The summed E-state index contributed by atoms with van der Waals surface area (Å²) in [6.07, 6.45) is 2.37. The smallest absolute Gasteiger partial charge is 0.136 e. The van der Waals surface area contributed by atoms with Gasteiger partial charge in [0.15, 0.2) is 0 Å². The van der Waals surface area contributed by atoms with Gasteiger partial charge in [0.25, 0.3) is 0 Å². The third-order valence-electron chi connectivity index (χ3n) is 2.44. The highest BCUT2D eigenvalue weighted by Crippen LogP contribution is 2.15. The van der Waals surface area contributed by atoms with Crippen LogP contribution in [0.25, 0.3) is 0 Å². The first-order chi connectivity index (χ1) is 7.66. The van der Waals surface area contributed by atoms with Crippen molar-refractivity contribution in [2.24, 2.45) is 0 Å². The van der Waals surface area contributed by atoms with Gasteiger partial charge >= 0.3 is 0 Å². The minimum absolute atomic E-state index is 0.526. The first-order valence-electron chi connectivity index (χ1n) is 5.06. The molecule has 0 bridgehead atoms. The van der Waals surface area contributed by atoms with Crippen molar-refractivity contribution in [1.29, 1.82) is 0 Å². The highest BCUT2D eigenvalue weighted by atomic mass is 35.5. The second-order valence-electron chi connectivity index (χ2n) is 3.64. The SMILES string of the molecule is Cc1nc(Cc2ccccn2)nc(Cl)c1C. The molecule has 0 radical (unpaired) electrons. The molecule has 2 aromatic heterocycles. The summed E-state index contributed by atoms with van der Waals surface area (Å²) in [6, 6.07) is 5.79. The first-order valence-corrected chi connectivity index (χ1v) is 5.44. The normalized spacial score (nSPS) is 10.4. The lowest BCUT2D eigenvalue weighted by atomic mass is 10.2. The summed E-state index contributed by atoms with van der Waals surface area (Å²) < 4.78 is 0. The van der Waals surface area contributed by atoms with Crippen molar-refractivity contribution in [3.05, 3.63) is 52.3 Å². The molecule has 0 amide bonds. The minimum Gasteiger partial charge on any atom is -0.261 e. The lowest BCUT2D eigenvalue weighted by Crippen LogP contribution is -2.02. The van der Waals surface area contributed by atoms with Crippen molar-refractivity contribution in [3.63, 3.8) is 0 Å². The Morgan fingerprint density at radius 2 is 2.00 bits per heavy atom. The second-order valence-corrected chi connectivity index (χ2v) is 4.00. The standard InChI is InChI=1S/C12H12ClN3/c1-8-9(2)15-11(16-12(8)13)7-10-5-3-4-6-14-10/h3-6H,7H2,1-2H3. The van der Waals surface area contributed by atoms with Gasteiger partial charge in [-0.05, 0) is 26.0 Å². The van der Waals surface area contributed by atoms with Gasteiger partial charge in [0.05, 0.1) is 6.42 Å². The van der Waals surface area contributed by atoms with Crippen LogP contribution in [-0.4, -0.2) is 15.0 Å². The fourth-order valence-corrected chi connectivity index (χ4v) is 1.63. The van der Waals surface area contributed by atoms with Gasteiger partial charge in [0, 0.05) is 23.1 Å². The molecule has 0 fully saturated rings. The molecule has 2 aromatic rings. The third kappa shape index (κ3) is 2.36. The molecule has 0 unspecified atom stereocenters. The van der Waals surface area contributed by atoms with Crippen molar-refractivity contribution >= 4 is 11.6 Å². The molecule has 0 N–H and O–H groups in total. The predicted octanol–water partition coefficient (Wildman–Crippen LogP) is 2.73. The molecule has 2 heterocycles. The van der Waals surface area contributed by atoms with E-state index in [0.29, 0.717) is 17.4 Å². The fourth-order valence-electron chi connectivity index (χ4n) is 1.39. The maximum Gasteiger partial charge on any atom is 0.136 e. The van der Waals surface area contributed by atoms with E-state index in [1.165, 1.54) is 0 Å². The van der Waals surface area contributed by atoms with Crippen molar-refractivity contribution in [3.8, 4) is 0 Å². The Morgan fingerprint density at radius 3 is 2.62 bits per heavy atom. The van der Waals surface area contributed by atoms with Crippen molar-refractivity contribution in [2.75, 3.05) is 0 Å². The number of nitrogens with zero attached hydrogens (tertiary/aromatic N) is 3. The van der Waals surface area contributed by atoms with Crippen molar-refractivity contribution < 1.29 is 0 Å². The Morgan fingerprint density at radius 1 is 1.19 bits per heavy atom. The third-order valence-corrected chi connectivity index (χ3v) is 2.81. The van der Waals surface area contributed by atoms with E-state index >= 15 is 0 Å². The summed E-state index contributed by atoms with van der Waals surface area (Å²) in [7, 11) is 0. The zero-order valence-corrected chi connectivity index (χ0v) is 9.99. The largest absolute Gasteiger partial charge is 0.261 e. The number of hydrogen-bond acceptors (Lipinski definition) is 3. The van der Waals surface area contributed by atoms with Crippen LogP contribution in [0.1, 0.15) is 22.8 Å². The van der Waals surface area contributed by atoms with E-state index in [-0.39, 0.29) is 0 Å². The average molecular weight is 234 g/mol. The number of aromatic nitrogens is 3. The monoisotopic (exact) mass is 233 g/mol. The van der Waals surface area contributed by atoms with Gasteiger partial charge in [-0.15, -0.1) is 0 Å². The maximum atomic E-state index is 6.01. The van der Waals surface area contributed by atoms with Crippen LogP contribution in [0.5, 0.6) is 0 Å². The fraction of sp³-hybridized carbons (Fsp3) is 0.250. The molecule has 0 aliphatic heterocycles. The van der Waals surface area contributed by atoms with Crippen LogP contribution in [0, 0.1) is 13.8 Å². The second kappa shape index (κ2) is 4.58. The van der Waals surface area contributed by atoms with Gasteiger partial charge in [-0.1, -0.05) is 17.7 Å². The molecule has 0 aromatic carbocycles. The number of halogens is 1. The first kappa shape index (κ1) is 11.0. The molecule has 0 atom stereocenters. The summed E-state index contributed by atoms with van der Waals surface area (Å²) in [5.41, 5.74) is 2.80. The number of rotatable bonds is 2. The highest BCUT2D eigenvalue weighted by molar-refractivity contribution is 6.30. The summed E-state index contributed by atoms with van der Waals surface area (Å²) in [5.74, 6) is 0.715. The zero-order chi connectivity index (χ0) is 11.5. The number of pyridine rings is 1. The number of aryl methyl sites for hydroxylation is 1. The van der Waals surface area contributed by atoms with Crippen molar-refractivity contribution in [1.82, 2.24) is 15.0 Å². The van der Waals surface area contributed by atoms with Crippen LogP contribution in [0.3, 0.4) is 0 Å². The van der Waals surface area contributed by atoms with Gasteiger partial charge < -0.3 is 0 Å². The quantitative estimate of drug-likeness (QED) is 0.749. The molecular formula is C12H12ClN3. The Kier molecular flexibility index (Phi) is 3.15. The van der Waals surface area contributed by atoms with Gasteiger partial charge in [-0.3, -0.25) is 4.98 Å². The van der Waals surface area contributed by atoms with E-state index in [4.69, 9.17) is 11.6 Å². The van der Waals surface area contributed by atoms with Crippen molar-refractivity contribution in [2.45, 2.75) is 20.3 Å². The molecular weight excluding hydrogens is 222 g/mol. The molecule has 16 heavy (non-hydrogen) atoms. The Balaban J connectivity index is 2.29. The van der Waals surface area contributed by atoms with Crippen LogP contribution in [0.2, 0.25) is 5.15 Å². The maximum absolute atomic E-state index is 6.01. The summed E-state index contributed by atoms with van der Waals surface area (Å²) in [5, 5.41) is 0.526. The average Bonchev–Trinajstić information content (AvgIpc) is 2.27. The molecule has 0 saturated heterocycles. The van der Waals surface area contributed by atoms with E-state index in [1.54, 1.807) is 6.20 Å². The van der Waals surface area contributed by atoms with Crippen LogP contribution in [0.4, 0.5) is 0 Å². The van der Waals surface area contributed by atoms with E-state index in [2.05, 4.69) is 15.0 Å². The van der Waals surface area contributed by atoms with E-state index in [0.717, 1.165) is 17.0 Å². The van der Waals surface area contributed by atoms with E-state index < -0.39 is 0 Å². The lowest BCUT2D eigenvalue weighted by Gasteiger charge is -2.05. The molecule has 0 saturated carbocycles. The van der Waals surface area contributed by atoms with Crippen LogP contribution < -0.4 is 0 Å².